The molecule has 0 atom stereocenters. The zero-order valence-corrected chi connectivity index (χ0v) is 11.1. The van der Waals surface area contributed by atoms with Gasteiger partial charge in [-0.05, 0) is 75.4 Å². The van der Waals surface area contributed by atoms with Crippen molar-refractivity contribution < 1.29 is 0 Å². The molecule has 0 radical (unpaired) electrons. The standard InChI is InChI=1S/C11H13Br2N/c12-10-4-1-8(7-11(10)13)5-6-14-9-2-3-9/h1,4,7,9,14H,2-3,5-6H2. The summed E-state index contributed by atoms with van der Waals surface area (Å²) in [6.45, 7) is 1.10. The van der Waals surface area contributed by atoms with Gasteiger partial charge in [-0.1, -0.05) is 6.07 Å². The Bertz CT molecular complexity index is 321. The quantitative estimate of drug-likeness (QED) is 0.896. The van der Waals surface area contributed by atoms with Crippen LogP contribution in [0.3, 0.4) is 0 Å². The molecule has 0 aliphatic heterocycles. The molecule has 1 aliphatic rings. The van der Waals surface area contributed by atoms with Crippen molar-refractivity contribution in [1.82, 2.24) is 5.32 Å². The second-order valence-electron chi connectivity index (χ2n) is 3.73. The van der Waals surface area contributed by atoms with Crippen LogP contribution >= 0.6 is 31.9 Å². The third-order valence-corrected chi connectivity index (χ3v) is 4.29. The lowest BCUT2D eigenvalue weighted by atomic mass is 10.1. The molecule has 0 unspecified atom stereocenters. The first-order chi connectivity index (χ1) is 6.75. The zero-order valence-electron chi connectivity index (χ0n) is 7.89. The molecule has 1 aliphatic carbocycles. The van der Waals surface area contributed by atoms with Crippen molar-refractivity contribution in [1.29, 1.82) is 0 Å². The van der Waals surface area contributed by atoms with Crippen LogP contribution in [0, 0.1) is 0 Å². The summed E-state index contributed by atoms with van der Waals surface area (Å²) in [5, 5.41) is 3.51. The highest BCUT2D eigenvalue weighted by Gasteiger charge is 2.19. The van der Waals surface area contributed by atoms with E-state index in [1.54, 1.807) is 0 Å². The molecular weight excluding hydrogens is 306 g/mol. The van der Waals surface area contributed by atoms with Gasteiger partial charge in [0, 0.05) is 15.0 Å². The molecule has 1 aromatic carbocycles. The third kappa shape index (κ3) is 3.07. The van der Waals surface area contributed by atoms with Crippen molar-refractivity contribution in [2.75, 3.05) is 6.54 Å². The molecule has 2 rings (SSSR count). The highest BCUT2D eigenvalue weighted by molar-refractivity contribution is 9.13. The Morgan fingerprint density at radius 1 is 1.21 bits per heavy atom. The van der Waals surface area contributed by atoms with Gasteiger partial charge in [-0.25, -0.2) is 0 Å². The summed E-state index contributed by atoms with van der Waals surface area (Å²) in [6.07, 6.45) is 3.84. The van der Waals surface area contributed by atoms with Gasteiger partial charge in [-0.15, -0.1) is 0 Å². The van der Waals surface area contributed by atoms with E-state index in [1.807, 2.05) is 0 Å². The molecule has 0 bridgehead atoms. The van der Waals surface area contributed by atoms with Crippen molar-refractivity contribution in [3.63, 3.8) is 0 Å². The van der Waals surface area contributed by atoms with E-state index in [4.69, 9.17) is 0 Å². The number of halogens is 2. The smallest absolute Gasteiger partial charge is 0.0320 e. The minimum atomic E-state index is 0.814. The van der Waals surface area contributed by atoms with E-state index >= 15 is 0 Å². The van der Waals surface area contributed by atoms with Crippen molar-refractivity contribution in [2.24, 2.45) is 0 Å². The Morgan fingerprint density at radius 2 is 2.00 bits per heavy atom. The van der Waals surface area contributed by atoms with Crippen molar-refractivity contribution in [3.8, 4) is 0 Å². The maximum Gasteiger partial charge on any atom is 0.0320 e. The second kappa shape index (κ2) is 4.77. The van der Waals surface area contributed by atoms with E-state index in [1.165, 1.54) is 18.4 Å². The summed E-state index contributed by atoms with van der Waals surface area (Å²) in [5.74, 6) is 0. The molecule has 1 nitrogen and oxygen atoms in total. The van der Waals surface area contributed by atoms with Gasteiger partial charge in [0.1, 0.15) is 0 Å². The summed E-state index contributed by atoms with van der Waals surface area (Å²) in [4.78, 5) is 0. The number of rotatable bonds is 4. The molecule has 1 saturated carbocycles. The minimum absolute atomic E-state index is 0.814. The lowest BCUT2D eigenvalue weighted by Crippen LogP contribution is -2.19. The fourth-order valence-electron chi connectivity index (χ4n) is 1.40. The molecule has 0 saturated heterocycles. The van der Waals surface area contributed by atoms with Gasteiger partial charge in [-0.2, -0.15) is 0 Å². The highest BCUT2D eigenvalue weighted by atomic mass is 79.9. The Balaban J connectivity index is 1.85. The monoisotopic (exact) mass is 317 g/mol. The normalized spacial score (nSPS) is 15.9. The molecule has 1 aromatic rings. The Labute approximate surface area is 102 Å². The summed E-state index contributed by atoms with van der Waals surface area (Å²) < 4.78 is 2.26. The molecule has 3 heteroatoms. The van der Waals surface area contributed by atoms with Crippen LogP contribution in [0.25, 0.3) is 0 Å². The maximum atomic E-state index is 3.51. The largest absolute Gasteiger partial charge is 0.314 e. The van der Waals surface area contributed by atoms with E-state index in [-0.39, 0.29) is 0 Å². The first-order valence-corrected chi connectivity index (χ1v) is 6.51. The van der Waals surface area contributed by atoms with E-state index in [0.29, 0.717) is 0 Å². The van der Waals surface area contributed by atoms with E-state index in [9.17, 15) is 0 Å². The molecular formula is C11H13Br2N. The SMILES string of the molecule is Brc1ccc(CCNC2CC2)cc1Br. The van der Waals surface area contributed by atoms with Gasteiger partial charge in [0.05, 0.1) is 0 Å². The molecule has 0 spiro atoms. The molecule has 0 heterocycles. The minimum Gasteiger partial charge on any atom is -0.314 e. The predicted octanol–water partition coefficient (Wildman–Crippen LogP) is 3.51. The summed E-state index contributed by atoms with van der Waals surface area (Å²) in [7, 11) is 0. The molecule has 0 aromatic heterocycles. The van der Waals surface area contributed by atoms with Crippen LogP contribution in [0.5, 0.6) is 0 Å². The molecule has 0 amide bonds. The van der Waals surface area contributed by atoms with Gasteiger partial charge < -0.3 is 5.32 Å². The third-order valence-electron chi connectivity index (χ3n) is 2.41. The number of nitrogens with one attached hydrogen (secondary N) is 1. The lowest BCUT2D eigenvalue weighted by molar-refractivity contribution is 0.682. The predicted molar refractivity (Wildman–Crippen MR) is 66.6 cm³/mol. The average Bonchev–Trinajstić information content (AvgIpc) is 2.95. The van der Waals surface area contributed by atoms with Gasteiger partial charge in [0.2, 0.25) is 0 Å². The van der Waals surface area contributed by atoms with Crippen LogP contribution in [0.2, 0.25) is 0 Å². The van der Waals surface area contributed by atoms with Crippen LogP contribution in [-0.4, -0.2) is 12.6 Å². The van der Waals surface area contributed by atoms with Gasteiger partial charge in [0.15, 0.2) is 0 Å². The molecule has 14 heavy (non-hydrogen) atoms. The number of hydrogen-bond acceptors (Lipinski definition) is 1. The topological polar surface area (TPSA) is 12.0 Å². The van der Waals surface area contributed by atoms with E-state index < -0.39 is 0 Å². The highest BCUT2D eigenvalue weighted by Crippen LogP contribution is 2.24. The summed E-state index contributed by atoms with van der Waals surface area (Å²) in [6, 6.07) is 7.26. The van der Waals surface area contributed by atoms with Crippen LogP contribution in [-0.2, 0) is 6.42 Å². The summed E-state index contributed by atoms with van der Waals surface area (Å²) in [5.41, 5.74) is 1.38. The summed E-state index contributed by atoms with van der Waals surface area (Å²) >= 11 is 6.98. The average molecular weight is 319 g/mol. The van der Waals surface area contributed by atoms with Crippen molar-refractivity contribution in [3.05, 3.63) is 32.7 Å². The Kier molecular flexibility index (Phi) is 3.63. The maximum absolute atomic E-state index is 3.51. The first kappa shape index (κ1) is 10.7. The van der Waals surface area contributed by atoms with Crippen molar-refractivity contribution in [2.45, 2.75) is 25.3 Å². The molecule has 1 N–H and O–H groups in total. The fourth-order valence-corrected chi connectivity index (χ4v) is 2.08. The van der Waals surface area contributed by atoms with Gasteiger partial charge in [-0.3, -0.25) is 0 Å². The van der Waals surface area contributed by atoms with Gasteiger partial charge >= 0.3 is 0 Å². The van der Waals surface area contributed by atoms with E-state index in [2.05, 4.69) is 55.4 Å². The van der Waals surface area contributed by atoms with E-state index in [0.717, 1.165) is 28.0 Å². The molecule has 1 fully saturated rings. The van der Waals surface area contributed by atoms with Crippen LogP contribution in [0.15, 0.2) is 27.1 Å². The number of benzene rings is 1. The van der Waals surface area contributed by atoms with Crippen LogP contribution < -0.4 is 5.32 Å². The van der Waals surface area contributed by atoms with Crippen molar-refractivity contribution >= 4 is 31.9 Å². The molecule has 76 valence electrons. The van der Waals surface area contributed by atoms with Crippen LogP contribution in [0.1, 0.15) is 18.4 Å². The Hall–Kier alpha value is 0.140. The lowest BCUT2D eigenvalue weighted by Gasteiger charge is -2.04. The zero-order chi connectivity index (χ0) is 9.97. The van der Waals surface area contributed by atoms with Crippen LogP contribution in [0.4, 0.5) is 0 Å². The first-order valence-electron chi connectivity index (χ1n) is 4.93. The Morgan fingerprint density at radius 3 is 2.64 bits per heavy atom. The van der Waals surface area contributed by atoms with Gasteiger partial charge in [0.25, 0.3) is 0 Å². The second-order valence-corrected chi connectivity index (χ2v) is 5.44. The number of hydrogen-bond donors (Lipinski definition) is 1. The fraction of sp³-hybridized carbons (Fsp3) is 0.455.